The molecule has 1 rings (SSSR count). The van der Waals surface area contributed by atoms with Crippen molar-refractivity contribution in [2.24, 2.45) is 11.5 Å². The molecular formula is C23H34N7O5. The molecule has 0 aliphatic rings. The van der Waals surface area contributed by atoms with Crippen LogP contribution in [0.2, 0.25) is 0 Å². The molecular weight excluding hydrogens is 454 g/mol. The quantitative estimate of drug-likeness (QED) is 0.0642. The maximum absolute atomic E-state index is 13.0. The number of aldehydes is 1. The summed E-state index contributed by atoms with van der Waals surface area (Å²) in [6, 6.07) is 6.04. The highest BCUT2D eigenvalue weighted by atomic mass is 16.2. The number of unbranched alkanes of at least 4 members (excludes halogenated alkanes) is 1. The highest BCUT2D eigenvalue weighted by Crippen LogP contribution is 2.05. The molecule has 191 valence electrons. The molecule has 4 amide bonds. The van der Waals surface area contributed by atoms with Gasteiger partial charge in [0.1, 0.15) is 24.4 Å². The maximum Gasteiger partial charge on any atom is 0.243 e. The van der Waals surface area contributed by atoms with Gasteiger partial charge in [0.15, 0.2) is 5.96 Å². The summed E-state index contributed by atoms with van der Waals surface area (Å²) >= 11 is 0. The molecule has 0 unspecified atom stereocenters. The molecule has 3 atom stereocenters. The second-order valence-electron chi connectivity index (χ2n) is 7.90. The largest absolute Gasteiger partial charge is 0.370 e. The van der Waals surface area contributed by atoms with Crippen LogP contribution in [-0.4, -0.2) is 60.5 Å². The predicted octanol–water partition coefficient (Wildman–Crippen LogP) is -1.36. The van der Waals surface area contributed by atoms with E-state index in [9.17, 15) is 24.0 Å². The molecule has 0 saturated heterocycles. The molecule has 0 bridgehead atoms. The van der Waals surface area contributed by atoms with E-state index in [0.29, 0.717) is 12.7 Å². The lowest BCUT2D eigenvalue weighted by molar-refractivity contribution is -0.133. The van der Waals surface area contributed by atoms with Gasteiger partial charge in [-0.1, -0.05) is 30.3 Å². The zero-order valence-electron chi connectivity index (χ0n) is 19.7. The molecule has 35 heavy (non-hydrogen) atoms. The Balaban J connectivity index is 2.82. The number of primary amides is 1. The predicted molar refractivity (Wildman–Crippen MR) is 130 cm³/mol. The Morgan fingerprint density at radius 3 is 2.26 bits per heavy atom. The van der Waals surface area contributed by atoms with Gasteiger partial charge in [0.25, 0.3) is 0 Å². The summed E-state index contributed by atoms with van der Waals surface area (Å²) in [7, 11) is 0. The highest BCUT2D eigenvalue weighted by Gasteiger charge is 2.27. The van der Waals surface area contributed by atoms with Crippen LogP contribution in [0.1, 0.15) is 38.2 Å². The van der Waals surface area contributed by atoms with Crippen molar-refractivity contribution in [2.45, 2.75) is 57.2 Å². The first kappa shape index (κ1) is 29.1. The van der Waals surface area contributed by atoms with E-state index in [-0.39, 0.29) is 38.2 Å². The minimum Gasteiger partial charge on any atom is -0.370 e. The first-order chi connectivity index (χ1) is 16.6. The van der Waals surface area contributed by atoms with Crippen molar-refractivity contribution in [3.8, 4) is 0 Å². The summed E-state index contributed by atoms with van der Waals surface area (Å²) in [5.74, 6) is -2.58. The van der Waals surface area contributed by atoms with Gasteiger partial charge >= 0.3 is 0 Å². The molecule has 0 aliphatic carbocycles. The Bertz CT molecular complexity index is 878. The molecule has 12 nitrogen and oxygen atoms in total. The maximum atomic E-state index is 13.0. The van der Waals surface area contributed by atoms with Crippen LogP contribution in [0.25, 0.3) is 0 Å². The Hall–Kier alpha value is -3.96. The van der Waals surface area contributed by atoms with Crippen LogP contribution in [0, 0.1) is 11.8 Å². The topological polar surface area (TPSA) is 209 Å². The minimum absolute atomic E-state index is 0.0385. The Labute approximate surface area is 204 Å². The van der Waals surface area contributed by atoms with Crippen molar-refractivity contribution in [1.82, 2.24) is 21.3 Å². The SMILES string of the molecule is C[C@H](NC(=O)CC[CH]C=O)C(=O)N[C@@H](CCCNC(=N)N)C(=O)N[C@@H](Cc1ccccc1)C(N)=O. The van der Waals surface area contributed by atoms with Crippen LogP contribution in [-0.2, 0) is 30.4 Å². The molecule has 0 spiro atoms. The molecule has 0 saturated carbocycles. The summed E-state index contributed by atoms with van der Waals surface area (Å²) < 4.78 is 0. The van der Waals surface area contributed by atoms with Crippen molar-refractivity contribution in [3.63, 3.8) is 0 Å². The Kier molecular flexibility index (Phi) is 13.1. The molecule has 0 heterocycles. The third-order valence-electron chi connectivity index (χ3n) is 4.97. The van der Waals surface area contributed by atoms with Crippen molar-refractivity contribution < 1.29 is 24.0 Å². The molecule has 9 N–H and O–H groups in total. The number of nitrogens with one attached hydrogen (secondary N) is 5. The van der Waals surface area contributed by atoms with Crippen molar-refractivity contribution in [3.05, 3.63) is 42.3 Å². The molecule has 1 aromatic rings. The lowest BCUT2D eigenvalue weighted by Gasteiger charge is -2.24. The summed E-state index contributed by atoms with van der Waals surface area (Å²) in [6.45, 7) is 1.75. The van der Waals surface area contributed by atoms with Gasteiger partial charge in [-0.05, 0) is 31.7 Å². The van der Waals surface area contributed by atoms with E-state index in [1.807, 2.05) is 6.07 Å². The molecule has 0 fully saturated rings. The lowest BCUT2D eigenvalue weighted by Crippen LogP contribution is -2.56. The van der Waals surface area contributed by atoms with Crippen LogP contribution < -0.4 is 32.7 Å². The standard InChI is InChI=1S/C23H34N7O5/c1-15(28-19(32)11-5-6-13-31)21(34)29-17(10-7-12-27-23(25)26)22(35)30-18(20(24)33)14-16-8-3-2-4-9-16/h2-4,6,8-9,13,15,17-18H,5,7,10-12,14H2,1H3,(H2,24,33)(H,28,32)(H,29,34)(H,30,35)(H4,25,26,27)/t15-,17-,18-/m0/s1. The summed E-state index contributed by atoms with van der Waals surface area (Å²) in [5, 5.41) is 17.5. The van der Waals surface area contributed by atoms with Crippen molar-refractivity contribution in [1.29, 1.82) is 5.41 Å². The zero-order chi connectivity index (χ0) is 26.2. The van der Waals surface area contributed by atoms with Gasteiger partial charge in [0.05, 0.1) is 0 Å². The second kappa shape index (κ2) is 15.8. The second-order valence-corrected chi connectivity index (χ2v) is 7.90. The molecule has 12 heteroatoms. The van der Waals surface area contributed by atoms with Crippen molar-refractivity contribution >= 4 is 35.9 Å². The first-order valence-corrected chi connectivity index (χ1v) is 11.2. The fourth-order valence-corrected chi connectivity index (χ4v) is 3.10. The van der Waals surface area contributed by atoms with Crippen LogP contribution in [0.5, 0.6) is 0 Å². The number of carbonyl (C=O) groups excluding carboxylic acids is 5. The third kappa shape index (κ3) is 12.2. The molecule has 0 aromatic heterocycles. The van der Waals surface area contributed by atoms with Crippen LogP contribution in [0.4, 0.5) is 0 Å². The number of nitrogens with two attached hydrogens (primary N) is 2. The van der Waals surface area contributed by atoms with E-state index in [4.69, 9.17) is 16.9 Å². The van der Waals surface area contributed by atoms with E-state index in [1.54, 1.807) is 24.3 Å². The summed E-state index contributed by atoms with van der Waals surface area (Å²) in [4.78, 5) is 59.8. The molecule has 0 aliphatic heterocycles. The first-order valence-electron chi connectivity index (χ1n) is 11.2. The smallest absolute Gasteiger partial charge is 0.243 e. The monoisotopic (exact) mass is 488 g/mol. The molecule has 1 aromatic carbocycles. The number of carbonyl (C=O) groups is 5. The van der Waals surface area contributed by atoms with Gasteiger partial charge in [-0.15, -0.1) is 0 Å². The van der Waals surface area contributed by atoms with E-state index in [0.717, 1.165) is 5.56 Å². The minimum atomic E-state index is -1.03. The Morgan fingerprint density at radius 2 is 1.66 bits per heavy atom. The van der Waals surface area contributed by atoms with Gasteiger partial charge < -0.3 is 37.5 Å². The van der Waals surface area contributed by atoms with Crippen LogP contribution >= 0.6 is 0 Å². The number of hydrogen-bond donors (Lipinski definition) is 7. The average Bonchev–Trinajstić information content (AvgIpc) is 2.80. The van der Waals surface area contributed by atoms with E-state index in [2.05, 4.69) is 21.3 Å². The fraction of sp³-hybridized carbons (Fsp3) is 0.435. The zero-order valence-corrected chi connectivity index (χ0v) is 19.7. The van der Waals surface area contributed by atoms with Crippen LogP contribution in [0.3, 0.4) is 0 Å². The van der Waals surface area contributed by atoms with Crippen molar-refractivity contribution in [2.75, 3.05) is 6.54 Å². The lowest BCUT2D eigenvalue weighted by atomic mass is 10.0. The number of rotatable bonds is 16. The van der Waals surface area contributed by atoms with E-state index in [1.165, 1.54) is 13.3 Å². The summed E-state index contributed by atoms with van der Waals surface area (Å²) in [6.07, 6.45) is 2.89. The van der Waals surface area contributed by atoms with Gasteiger partial charge in [-0.2, -0.15) is 0 Å². The number of hydrogen-bond acceptors (Lipinski definition) is 6. The fourth-order valence-electron chi connectivity index (χ4n) is 3.10. The summed E-state index contributed by atoms with van der Waals surface area (Å²) in [5.41, 5.74) is 11.5. The van der Waals surface area contributed by atoms with Gasteiger partial charge in [-0.3, -0.25) is 24.6 Å². The Morgan fingerprint density at radius 1 is 1.00 bits per heavy atom. The van der Waals surface area contributed by atoms with Gasteiger partial charge in [0.2, 0.25) is 23.6 Å². The van der Waals surface area contributed by atoms with Gasteiger partial charge in [0, 0.05) is 25.8 Å². The van der Waals surface area contributed by atoms with E-state index < -0.39 is 41.8 Å². The average molecular weight is 489 g/mol. The van der Waals surface area contributed by atoms with E-state index >= 15 is 0 Å². The third-order valence-corrected chi connectivity index (χ3v) is 4.97. The molecule has 1 radical (unpaired) electrons. The number of guanidine groups is 1. The normalized spacial score (nSPS) is 12.9. The highest BCUT2D eigenvalue weighted by molar-refractivity contribution is 5.94. The number of amides is 4. The van der Waals surface area contributed by atoms with Crippen LogP contribution in [0.15, 0.2) is 30.3 Å². The van der Waals surface area contributed by atoms with Gasteiger partial charge in [-0.25, -0.2) is 0 Å². The number of benzene rings is 1.